The van der Waals surface area contributed by atoms with Gasteiger partial charge in [-0.1, -0.05) is 32.0 Å². The van der Waals surface area contributed by atoms with Gasteiger partial charge in [-0.25, -0.2) is 8.42 Å². The summed E-state index contributed by atoms with van der Waals surface area (Å²) < 4.78 is 33.6. The van der Waals surface area contributed by atoms with Gasteiger partial charge in [0.1, 0.15) is 0 Å². The molecule has 1 aromatic heterocycles. The third kappa shape index (κ3) is 5.45. The molecule has 1 fully saturated rings. The van der Waals surface area contributed by atoms with E-state index in [1.54, 1.807) is 36.4 Å². The van der Waals surface area contributed by atoms with Crippen molar-refractivity contribution in [2.45, 2.75) is 51.0 Å². The highest BCUT2D eigenvalue weighted by atomic mass is 32.2. The van der Waals surface area contributed by atoms with E-state index >= 15 is 0 Å². The van der Waals surface area contributed by atoms with E-state index in [0.717, 1.165) is 12.8 Å². The molecule has 1 amide bonds. The number of nitrogens with two attached hydrogens (primary N) is 1. The topological polar surface area (TPSA) is 140 Å². The molecule has 1 atom stereocenters. The Kier molecular flexibility index (Phi) is 6.46. The van der Waals surface area contributed by atoms with Crippen molar-refractivity contribution in [1.29, 1.82) is 0 Å². The highest BCUT2D eigenvalue weighted by molar-refractivity contribution is 7.92. The van der Waals surface area contributed by atoms with Gasteiger partial charge in [0, 0.05) is 16.7 Å². The molecule has 4 N–H and O–H groups in total. The molecule has 180 valence electrons. The first-order valence-corrected chi connectivity index (χ1v) is 12.7. The summed E-state index contributed by atoms with van der Waals surface area (Å²) in [5.74, 6) is 1.03. The molecular formula is C24H29N5O4S. The Hall–Kier alpha value is -3.24. The Morgan fingerprint density at radius 1 is 1.15 bits per heavy atom. The highest BCUT2D eigenvalue weighted by Crippen LogP contribution is 2.45. The lowest BCUT2D eigenvalue weighted by molar-refractivity contribution is -0.120. The molecule has 34 heavy (non-hydrogen) atoms. The lowest BCUT2D eigenvalue weighted by atomic mass is 10.0. The summed E-state index contributed by atoms with van der Waals surface area (Å²) >= 11 is 0. The summed E-state index contributed by atoms with van der Waals surface area (Å²) in [7, 11) is -3.84. The molecule has 3 aromatic rings. The van der Waals surface area contributed by atoms with Crippen LogP contribution in [0.5, 0.6) is 0 Å². The van der Waals surface area contributed by atoms with Crippen LogP contribution in [0.3, 0.4) is 0 Å². The van der Waals surface area contributed by atoms with Crippen molar-refractivity contribution < 1.29 is 17.7 Å². The van der Waals surface area contributed by atoms with Gasteiger partial charge in [-0.05, 0) is 67.6 Å². The van der Waals surface area contributed by atoms with E-state index in [9.17, 15) is 13.2 Å². The zero-order valence-corrected chi connectivity index (χ0v) is 20.2. The fourth-order valence-electron chi connectivity index (χ4n) is 3.47. The van der Waals surface area contributed by atoms with Crippen molar-refractivity contribution in [2.75, 3.05) is 10.0 Å². The minimum atomic E-state index is -3.84. The maximum absolute atomic E-state index is 12.9. The maximum Gasteiger partial charge on any atom is 0.261 e. The van der Waals surface area contributed by atoms with Crippen molar-refractivity contribution in [3.05, 3.63) is 54.4 Å². The number of aromatic nitrogens is 2. The summed E-state index contributed by atoms with van der Waals surface area (Å²) in [4.78, 5) is 16.7. The minimum Gasteiger partial charge on any atom is -0.337 e. The standard InChI is InChI=1S/C24H29N5O4S/c1-15(2)13-20(25)22-27-21(28-33-22)16-7-9-19(10-8-16)34(31,32)29-18-6-4-5-17(14-18)26-23(30)24(3)11-12-24/h4-10,14-15,20,29H,11-13,25H2,1-3H3,(H,26,30)/t20-/m0/s1. The van der Waals surface area contributed by atoms with Gasteiger partial charge in [0.05, 0.1) is 16.6 Å². The maximum atomic E-state index is 12.9. The number of rotatable bonds is 9. The Morgan fingerprint density at radius 3 is 2.47 bits per heavy atom. The number of carbonyl (C=O) groups excluding carboxylic acids is 1. The average molecular weight is 484 g/mol. The van der Waals surface area contributed by atoms with E-state index < -0.39 is 10.0 Å². The van der Waals surface area contributed by atoms with Crippen LogP contribution < -0.4 is 15.8 Å². The van der Waals surface area contributed by atoms with Crippen molar-refractivity contribution in [3.8, 4) is 11.4 Å². The van der Waals surface area contributed by atoms with Crippen LogP contribution in [0.25, 0.3) is 11.4 Å². The molecule has 4 rings (SSSR count). The number of nitrogens with zero attached hydrogens (tertiary/aromatic N) is 2. The number of anilines is 2. The molecule has 0 saturated heterocycles. The highest BCUT2D eigenvalue weighted by Gasteiger charge is 2.44. The van der Waals surface area contributed by atoms with Crippen LogP contribution in [-0.4, -0.2) is 24.5 Å². The van der Waals surface area contributed by atoms with Crippen molar-refractivity contribution in [2.24, 2.45) is 17.1 Å². The fourth-order valence-corrected chi connectivity index (χ4v) is 4.52. The van der Waals surface area contributed by atoms with Crippen LogP contribution in [-0.2, 0) is 14.8 Å². The molecule has 0 bridgehead atoms. The quantitative estimate of drug-likeness (QED) is 0.411. The summed E-state index contributed by atoms with van der Waals surface area (Å²) in [5, 5.41) is 6.81. The van der Waals surface area contributed by atoms with Gasteiger partial charge in [-0.15, -0.1) is 0 Å². The van der Waals surface area contributed by atoms with E-state index in [4.69, 9.17) is 10.3 Å². The average Bonchev–Trinajstić information content (AvgIpc) is 3.34. The van der Waals surface area contributed by atoms with Crippen molar-refractivity contribution in [1.82, 2.24) is 10.1 Å². The van der Waals surface area contributed by atoms with Crippen LogP contribution in [0.1, 0.15) is 52.0 Å². The van der Waals surface area contributed by atoms with Crippen LogP contribution in [0.15, 0.2) is 57.9 Å². The van der Waals surface area contributed by atoms with E-state index in [-0.39, 0.29) is 22.3 Å². The largest absolute Gasteiger partial charge is 0.337 e. The second kappa shape index (κ2) is 9.19. The summed E-state index contributed by atoms with van der Waals surface area (Å²) in [6, 6.07) is 12.5. The summed E-state index contributed by atoms with van der Waals surface area (Å²) in [5.41, 5.74) is 7.28. The first-order valence-electron chi connectivity index (χ1n) is 11.2. The molecule has 1 aliphatic carbocycles. The van der Waals surface area contributed by atoms with E-state index in [0.29, 0.717) is 41.0 Å². The molecule has 1 saturated carbocycles. The molecule has 1 aliphatic rings. The third-order valence-electron chi connectivity index (χ3n) is 5.83. The van der Waals surface area contributed by atoms with Crippen LogP contribution in [0.2, 0.25) is 0 Å². The number of hydrogen-bond acceptors (Lipinski definition) is 7. The third-order valence-corrected chi connectivity index (χ3v) is 7.23. The number of amides is 1. The number of carbonyl (C=O) groups is 1. The van der Waals surface area contributed by atoms with Gasteiger partial charge in [-0.2, -0.15) is 4.98 Å². The van der Waals surface area contributed by atoms with Crippen molar-refractivity contribution in [3.63, 3.8) is 0 Å². The van der Waals surface area contributed by atoms with Gasteiger partial charge < -0.3 is 15.6 Å². The zero-order valence-electron chi connectivity index (χ0n) is 19.4. The van der Waals surface area contributed by atoms with Crippen LogP contribution >= 0.6 is 0 Å². The first-order chi connectivity index (χ1) is 16.1. The van der Waals surface area contributed by atoms with Gasteiger partial charge in [0.2, 0.25) is 17.6 Å². The van der Waals surface area contributed by atoms with E-state index in [1.165, 1.54) is 12.1 Å². The fraction of sp³-hybridized carbons (Fsp3) is 0.375. The molecule has 0 aliphatic heterocycles. The van der Waals surface area contributed by atoms with E-state index in [1.807, 2.05) is 6.92 Å². The molecule has 0 spiro atoms. The second-order valence-electron chi connectivity index (χ2n) is 9.42. The monoisotopic (exact) mass is 483 g/mol. The second-order valence-corrected chi connectivity index (χ2v) is 11.1. The minimum absolute atomic E-state index is 0.0575. The Morgan fingerprint density at radius 2 is 1.82 bits per heavy atom. The molecule has 10 heteroatoms. The predicted octanol–water partition coefficient (Wildman–Crippen LogP) is 4.32. The van der Waals surface area contributed by atoms with Gasteiger partial charge in [0.25, 0.3) is 10.0 Å². The van der Waals surface area contributed by atoms with Crippen molar-refractivity contribution >= 4 is 27.3 Å². The number of nitrogens with one attached hydrogen (secondary N) is 2. The number of hydrogen-bond donors (Lipinski definition) is 3. The smallest absolute Gasteiger partial charge is 0.261 e. The summed E-state index contributed by atoms with van der Waals surface area (Å²) in [6.45, 7) is 6.03. The molecule has 2 aromatic carbocycles. The Balaban J connectivity index is 1.45. The SMILES string of the molecule is CC(C)C[C@H](N)c1nc(-c2ccc(S(=O)(=O)Nc3cccc(NC(=O)C4(C)CC4)c3)cc2)no1. The van der Waals surface area contributed by atoms with E-state index in [2.05, 4.69) is 34.0 Å². The number of sulfonamides is 1. The lowest BCUT2D eigenvalue weighted by Gasteiger charge is -2.12. The van der Waals surface area contributed by atoms with Crippen LogP contribution in [0.4, 0.5) is 11.4 Å². The molecule has 9 nitrogen and oxygen atoms in total. The van der Waals surface area contributed by atoms with Crippen LogP contribution in [0, 0.1) is 11.3 Å². The predicted molar refractivity (Wildman–Crippen MR) is 129 cm³/mol. The normalized spacial score (nSPS) is 15.7. The first kappa shape index (κ1) is 23.9. The number of benzene rings is 2. The molecule has 0 radical (unpaired) electrons. The van der Waals surface area contributed by atoms with Gasteiger partial charge in [-0.3, -0.25) is 9.52 Å². The summed E-state index contributed by atoms with van der Waals surface area (Å²) in [6.07, 6.45) is 2.43. The van der Waals surface area contributed by atoms with Gasteiger partial charge in [0.15, 0.2) is 0 Å². The molecule has 0 unspecified atom stereocenters. The lowest BCUT2D eigenvalue weighted by Crippen LogP contribution is -2.21. The Bertz CT molecular complexity index is 1280. The zero-order chi connectivity index (χ0) is 24.5. The Labute approximate surface area is 199 Å². The van der Waals surface area contributed by atoms with Gasteiger partial charge >= 0.3 is 0 Å². The molecule has 1 heterocycles. The molecular weight excluding hydrogens is 454 g/mol.